The molecule has 4 nitrogen and oxygen atoms in total. The molecule has 0 bridgehead atoms. The quantitative estimate of drug-likeness (QED) is 0.545. The van der Waals surface area contributed by atoms with Crippen LogP contribution in [0.15, 0.2) is 54.6 Å². The number of likely N-dealkylation sites (N-methyl/N-ethyl adjacent to an activating group) is 1. The van der Waals surface area contributed by atoms with E-state index in [0.717, 1.165) is 9.13 Å². The molecule has 0 aromatic heterocycles. The van der Waals surface area contributed by atoms with Gasteiger partial charge in [-0.1, -0.05) is 30.3 Å². The van der Waals surface area contributed by atoms with Crippen LogP contribution >= 0.6 is 22.6 Å². The van der Waals surface area contributed by atoms with Crippen molar-refractivity contribution in [3.63, 3.8) is 0 Å². The van der Waals surface area contributed by atoms with Gasteiger partial charge in [-0.25, -0.2) is 4.79 Å². The molecule has 0 fully saturated rings. The highest BCUT2D eigenvalue weighted by molar-refractivity contribution is 14.1. The fourth-order valence-corrected chi connectivity index (χ4v) is 2.43. The number of nitrogens with zero attached hydrogens (tertiary/aromatic N) is 1. The molecular weight excluding hydrogens is 405 g/mol. The van der Waals surface area contributed by atoms with Gasteiger partial charge >= 0.3 is 5.97 Å². The smallest absolute Gasteiger partial charge is 0.338 e. The summed E-state index contributed by atoms with van der Waals surface area (Å²) in [5.74, 6) is -0.726. The minimum absolute atomic E-state index is 0.0827. The molecule has 1 amide bonds. The van der Waals surface area contributed by atoms with E-state index in [1.54, 1.807) is 24.1 Å². The number of carbonyl (C=O) groups excluding carboxylic acids is 2. The van der Waals surface area contributed by atoms with Gasteiger partial charge in [0.15, 0.2) is 6.61 Å². The van der Waals surface area contributed by atoms with Crippen LogP contribution in [0.2, 0.25) is 0 Å². The summed E-state index contributed by atoms with van der Waals surface area (Å²) in [5.41, 5.74) is 1.48. The Morgan fingerprint density at radius 3 is 2.30 bits per heavy atom. The zero-order valence-electron chi connectivity index (χ0n) is 13.0. The molecule has 2 aromatic carbocycles. The van der Waals surface area contributed by atoms with E-state index < -0.39 is 5.97 Å². The first-order valence-corrected chi connectivity index (χ1v) is 8.30. The number of ether oxygens (including phenoxy) is 1. The van der Waals surface area contributed by atoms with Gasteiger partial charge in [-0.2, -0.15) is 0 Å². The number of rotatable bonds is 5. The number of benzene rings is 2. The lowest BCUT2D eigenvalue weighted by Gasteiger charge is -2.25. The largest absolute Gasteiger partial charge is 0.452 e. The Morgan fingerprint density at radius 1 is 1.09 bits per heavy atom. The minimum Gasteiger partial charge on any atom is -0.452 e. The maximum atomic E-state index is 12.2. The Bertz CT molecular complexity index is 670. The van der Waals surface area contributed by atoms with Crippen LogP contribution < -0.4 is 0 Å². The van der Waals surface area contributed by atoms with Crippen molar-refractivity contribution in [2.45, 2.75) is 13.0 Å². The molecule has 2 aromatic rings. The predicted molar refractivity (Wildman–Crippen MR) is 97.1 cm³/mol. The number of halogens is 1. The molecule has 1 unspecified atom stereocenters. The van der Waals surface area contributed by atoms with E-state index in [1.165, 1.54) is 0 Å². The van der Waals surface area contributed by atoms with E-state index in [9.17, 15) is 9.59 Å². The third-order valence-corrected chi connectivity index (χ3v) is 4.38. The van der Waals surface area contributed by atoms with Gasteiger partial charge in [-0.05, 0) is 59.3 Å². The van der Waals surface area contributed by atoms with Gasteiger partial charge in [0.2, 0.25) is 0 Å². The van der Waals surface area contributed by atoms with E-state index in [-0.39, 0.29) is 18.6 Å². The third kappa shape index (κ3) is 4.79. The average Bonchev–Trinajstić information content (AvgIpc) is 2.59. The highest BCUT2D eigenvalue weighted by atomic mass is 127. The van der Waals surface area contributed by atoms with Crippen LogP contribution in [-0.2, 0) is 9.53 Å². The number of carbonyl (C=O) groups is 2. The number of hydrogen-bond donors (Lipinski definition) is 0. The first-order chi connectivity index (χ1) is 11.0. The molecule has 120 valence electrons. The second-order valence-corrected chi connectivity index (χ2v) is 6.42. The molecule has 0 spiro atoms. The van der Waals surface area contributed by atoms with Crippen molar-refractivity contribution in [1.82, 2.24) is 4.90 Å². The average molecular weight is 423 g/mol. The summed E-state index contributed by atoms with van der Waals surface area (Å²) in [7, 11) is 1.71. The first-order valence-electron chi connectivity index (χ1n) is 7.22. The molecule has 0 N–H and O–H groups in total. The summed E-state index contributed by atoms with van der Waals surface area (Å²) in [6.07, 6.45) is 0. The summed E-state index contributed by atoms with van der Waals surface area (Å²) in [5, 5.41) is 0. The molecule has 0 aliphatic heterocycles. The van der Waals surface area contributed by atoms with E-state index in [4.69, 9.17) is 4.74 Å². The van der Waals surface area contributed by atoms with Crippen molar-refractivity contribution in [3.8, 4) is 0 Å². The fourth-order valence-electron chi connectivity index (χ4n) is 2.07. The van der Waals surface area contributed by atoms with Crippen LogP contribution in [-0.4, -0.2) is 30.4 Å². The van der Waals surface area contributed by atoms with Crippen LogP contribution in [0.4, 0.5) is 0 Å². The Kier molecular flexibility index (Phi) is 6.15. The van der Waals surface area contributed by atoms with Crippen molar-refractivity contribution < 1.29 is 14.3 Å². The zero-order valence-corrected chi connectivity index (χ0v) is 15.2. The molecule has 5 heteroatoms. The maximum Gasteiger partial charge on any atom is 0.338 e. The Labute approximate surface area is 149 Å². The number of esters is 1. The molecule has 0 saturated carbocycles. The second-order valence-electron chi connectivity index (χ2n) is 5.17. The van der Waals surface area contributed by atoms with Crippen molar-refractivity contribution in [1.29, 1.82) is 0 Å². The fraction of sp³-hybridized carbons (Fsp3) is 0.222. The number of amides is 1. The van der Waals surface area contributed by atoms with Gasteiger partial charge < -0.3 is 9.64 Å². The monoisotopic (exact) mass is 423 g/mol. The maximum absolute atomic E-state index is 12.2. The van der Waals surface area contributed by atoms with Crippen LogP contribution in [0.1, 0.15) is 28.9 Å². The molecule has 0 saturated heterocycles. The van der Waals surface area contributed by atoms with Crippen LogP contribution in [0, 0.1) is 3.57 Å². The van der Waals surface area contributed by atoms with Crippen LogP contribution in [0.25, 0.3) is 0 Å². The van der Waals surface area contributed by atoms with E-state index in [2.05, 4.69) is 22.6 Å². The summed E-state index contributed by atoms with van der Waals surface area (Å²) in [6, 6.07) is 16.7. The normalized spacial score (nSPS) is 11.6. The van der Waals surface area contributed by atoms with Crippen LogP contribution in [0.5, 0.6) is 0 Å². The van der Waals surface area contributed by atoms with Gasteiger partial charge in [0, 0.05) is 10.6 Å². The molecular formula is C18H18INO3. The lowest BCUT2D eigenvalue weighted by atomic mass is 10.1. The topological polar surface area (TPSA) is 46.6 Å². The summed E-state index contributed by atoms with van der Waals surface area (Å²) < 4.78 is 6.14. The van der Waals surface area contributed by atoms with Gasteiger partial charge in [-0.15, -0.1) is 0 Å². The van der Waals surface area contributed by atoms with E-state index >= 15 is 0 Å². The molecule has 0 aliphatic rings. The van der Waals surface area contributed by atoms with Gasteiger partial charge in [-0.3, -0.25) is 4.79 Å². The summed E-state index contributed by atoms with van der Waals surface area (Å²) >= 11 is 2.16. The Morgan fingerprint density at radius 2 is 1.70 bits per heavy atom. The molecule has 1 atom stereocenters. The first kappa shape index (κ1) is 17.5. The highest BCUT2D eigenvalue weighted by Gasteiger charge is 2.19. The standard InChI is InChI=1S/C18H18INO3/c1-13(14-6-4-3-5-7-14)20(2)17(21)12-23-18(22)15-8-10-16(19)11-9-15/h3-11,13H,12H2,1-2H3. The predicted octanol–water partition coefficient (Wildman–Crippen LogP) is 3.67. The third-order valence-electron chi connectivity index (χ3n) is 3.66. The van der Waals surface area contributed by atoms with Gasteiger partial charge in [0.25, 0.3) is 5.91 Å². The Balaban J connectivity index is 1.91. The van der Waals surface area contributed by atoms with E-state index in [1.807, 2.05) is 49.4 Å². The molecule has 2 rings (SSSR count). The second kappa shape index (κ2) is 8.10. The summed E-state index contributed by atoms with van der Waals surface area (Å²) in [6.45, 7) is 1.67. The van der Waals surface area contributed by atoms with Crippen molar-refractivity contribution in [2.75, 3.05) is 13.7 Å². The van der Waals surface area contributed by atoms with E-state index in [0.29, 0.717) is 5.56 Å². The van der Waals surface area contributed by atoms with Gasteiger partial charge in [0.1, 0.15) is 0 Å². The van der Waals surface area contributed by atoms with Crippen molar-refractivity contribution in [3.05, 3.63) is 69.3 Å². The minimum atomic E-state index is -0.490. The number of hydrogen-bond acceptors (Lipinski definition) is 3. The Hall–Kier alpha value is -1.89. The van der Waals surface area contributed by atoms with Crippen molar-refractivity contribution >= 4 is 34.5 Å². The molecule has 0 radical (unpaired) electrons. The SMILES string of the molecule is CC(c1ccccc1)N(C)C(=O)COC(=O)c1ccc(I)cc1. The zero-order chi connectivity index (χ0) is 16.8. The highest BCUT2D eigenvalue weighted by Crippen LogP contribution is 2.18. The molecule has 23 heavy (non-hydrogen) atoms. The van der Waals surface area contributed by atoms with Crippen molar-refractivity contribution in [2.24, 2.45) is 0 Å². The van der Waals surface area contributed by atoms with Gasteiger partial charge in [0.05, 0.1) is 11.6 Å². The lowest BCUT2D eigenvalue weighted by molar-refractivity contribution is -0.135. The molecule has 0 aliphatic carbocycles. The lowest BCUT2D eigenvalue weighted by Crippen LogP contribution is -2.33. The van der Waals surface area contributed by atoms with Crippen LogP contribution in [0.3, 0.4) is 0 Å². The summed E-state index contributed by atoms with van der Waals surface area (Å²) in [4.78, 5) is 25.7. The molecule has 0 heterocycles.